The average molecular weight is 248 g/mol. The molecule has 0 fully saturated rings. The predicted molar refractivity (Wildman–Crippen MR) is 62.0 cm³/mol. The van der Waals surface area contributed by atoms with E-state index in [1.165, 1.54) is 24.3 Å². The van der Waals surface area contributed by atoms with E-state index in [4.69, 9.17) is 9.84 Å². The summed E-state index contributed by atoms with van der Waals surface area (Å²) in [5, 5.41) is 9.01. The molecule has 4 heteroatoms. The zero-order chi connectivity index (χ0) is 12.7. The smallest absolute Gasteiger partial charge is 0.129 e. The molecule has 0 bridgehead atoms. The lowest BCUT2D eigenvalue weighted by molar-refractivity contribution is 0.271. The van der Waals surface area contributed by atoms with Gasteiger partial charge < -0.3 is 9.84 Å². The van der Waals surface area contributed by atoms with Gasteiger partial charge in [0.1, 0.15) is 24.0 Å². The maximum absolute atomic E-state index is 13.7. The highest BCUT2D eigenvalue weighted by molar-refractivity contribution is 5.75. The Balaban J connectivity index is 2.21. The molecule has 1 aliphatic heterocycles. The minimum absolute atomic E-state index is 0.194. The molecule has 0 aliphatic carbocycles. The van der Waals surface area contributed by atoms with Crippen LogP contribution in [0.15, 0.2) is 30.3 Å². The van der Waals surface area contributed by atoms with Crippen LogP contribution in [0.4, 0.5) is 8.78 Å². The van der Waals surface area contributed by atoms with Crippen molar-refractivity contribution in [3.8, 4) is 16.9 Å². The van der Waals surface area contributed by atoms with Gasteiger partial charge in [-0.15, -0.1) is 0 Å². The molecule has 0 radical (unpaired) electrons. The predicted octanol–water partition coefficient (Wildman–Crippen LogP) is 3.02. The molecule has 0 amide bonds. The molecule has 0 atom stereocenters. The number of aliphatic hydroxyl groups is 1. The van der Waals surface area contributed by atoms with E-state index in [1.54, 1.807) is 6.07 Å². The summed E-state index contributed by atoms with van der Waals surface area (Å²) >= 11 is 0. The number of halogens is 2. The number of ether oxygens (including phenoxy) is 1. The quantitative estimate of drug-likeness (QED) is 0.840. The zero-order valence-electron chi connectivity index (χ0n) is 9.41. The molecule has 0 aromatic heterocycles. The Bertz CT molecular complexity index is 623. The van der Waals surface area contributed by atoms with Gasteiger partial charge >= 0.3 is 0 Å². The first-order chi connectivity index (χ1) is 8.69. The van der Waals surface area contributed by atoms with Crippen LogP contribution in [0.25, 0.3) is 11.1 Å². The monoisotopic (exact) mass is 248 g/mol. The van der Waals surface area contributed by atoms with Crippen LogP contribution in [0.2, 0.25) is 0 Å². The van der Waals surface area contributed by atoms with Crippen LogP contribution < -0.4 is 4.74 Å². The van der Waals surface area contributed by atoms with Gasteiger partial charge in [0.2, 0.25) is 0 Å². The summed E-state index contributed by atoms with van der Waals surface area (Å²) in [4.78, 5) is 0. The number of aliphatic hydroxyl groups excluding tert-OH is 1. The molecule has 3 rings (SSSR count). The molecule has 2 nitrogen and oxygen atoms in total. The summed E-state index contributed by atoms with van der Waals surface area (Å²) in [7, 11) is 0. The molecule has 0 saturated carbocycles. The summed E-state index contributed by atoms with van der Waals surface area (Å²) in [5.74, 6) is -0.315. The Morgan fingerprint density at radius 2 is 1.94 bits per heavy atom. The molecule has 0 spiro atoms. The van der Waals surface area contributed by atoms with Crippen LogP contribution in [0.3, 0.4) is 0 Å². The van der Waals surface area contributed by atoms with Crippen LogP contribution in [0.1, 0.15) is 11.1 Å². The van der Waals surface area contributed by atoms with E-state index in [-0.39, 0.29) is 24.6 Å². The fraction of sp³-hybridized carbons (Fsp3) is 0.143. The topological polar surface area (TPSA) is 29.5 Å². The summed E-state index contributed by atoms with van der Waals surface area (Å²) in [6.45, 7) is -0.130. The number of rotatable bonds is 1. The summed E-state index contributed by atoms with van der Waals surface area (Å²) < 4.78 is 32.2. The molecule has 18 heavy (non-hydrogen) atoms. The first-order valence-corrected chi connectivity index (χ1v) is 5.54. The van der Waals surface area contributed by atoms with Crippen LogP contribution in [0, 0.1) is 11.6 Å². The third-order valence-electron chi connectivity index (χ3n) is 3.06. The lowest BCUT2D eigenvalue weighted by atomic mass is 9.95. The molecule has 1 heterocycles. The first-order valence-electron chi connectivity index (χ1n) is 5.54. The highest BCUT2D eigenvalue weighted by atomic mass is 19.1. The minimum atomic E-state index is -0.489. The van der Waals surface area contributed by atoms with Gasteiger partial charge in [0.25, 0.3) is 0 Å². The van der Waals surface area contributed by atoms with E-state index in [9.17, 15) is 8.78 Å². The lowest BCUT2D eigenvalue weighted by Crippen LogP contribution is -2.07. The number of hydrogen-bond donors (Lipinski definition) is 1. The van der Waals surface area contributed by atoms with Gasteiger partial charge in [-0.3, -0.25) is 0 Å². The SMILES string of the molecule is OCc1cc2c(cc1F)-c1ccc(F)cc1CO2. The molecular weight excluding hydrogens is 238 g/mol. The molecule has 0 unspecified atom stereocenters. The van der Waals surface area contributed by atoms with E-state index in [2.05, 4.69) is 0 Å². The van der Waals surface area contributed by atoms with Crippen LogP contribution in [-0.4, -0.2) is 5.11 Å². The van der Waals surface area contributed by atoms with Gasteiger partial charge in [-0.25, -0.2) is 8.78 Å². The second-order valence-corrected chi connectivity index (χ2v) is 4.19. The highest BCUT2D eigenvalue weighted by Crippen LogP contribution is 2.39. The van der Waals surface area contributed by atoms with E-state index in [0.717, 1.165) is 5.56 Å². The average Bonchev–Trinajstić information content (AvgIpc) is 2.37. The van der Waals surface area contributed by atoms with Gasteiger partial charge in [-0.1, -0.05) is 6.07 Å². The fourth-order valence-electron chi connectivity index (χ4n) is 2.15. The van der Waals surface area contributed by atoms with E-state index in [1.807, 2.05) is 0 Å². The Morgan fingerprint density at radius 3 is 2.72 bits per heavy atom. The van der Waals surface area contributed by atoms with Gasteiger partial charge in [0, 0.05) is 16.7 Å². The highest BCUT2D eigenvalue weighted by Gasteiger charge is 2.20. The maximum Gasteiger partial charge on any atom is 0.129 e. The lowest BCUT2D eigenvalue weighted by Gasteiger charge is -2.21. The second-order valence-electron chi connectivity index (χ2n) is 4.19. The van der Waals surface area contributed by atoms with Crippen molar-refractivity contribution >= 4 is 0 Å². The third-order valence-corrected chi connectivity index (χ3v) is 3.06. The van der Waals surface area contributed by atoms with E-state index >= 15 is 0 Å². The largest absolute Gasteiger partial charge is 0.488 e. The maximum atomic E-state index is 13.7. The molecule has 2 aromatic carbocycles. The van der Waals surface area contributed by atoms with Gasteiger partial charge in [-0.05, 0) is 29.8 Å². The van der Waals surface area contributed by atoms with Crippen molar-refractivity contribution in [1.82, 2.24) is 0 Å². The van der Waals surface area contributed by atoms with E-state index < -0.39 is 5.82 Å². The molecule has 1 N–H and O–H groups in total. The molecular formula is C14H10F2O2. The van der Waals surface area contributed by atoms with Crippen molar-refractivity contribution < 1.29 is 18.6 Å². The van der Waals surface area contributed by atoms with Crippen molar-refractivity contribution in [2.24, 2.45) is 0 Å². The number of fused-ring (bicyclic) bond motifs is 3. The number of benzene rings is 2. The molecule has 92 valence electrons. The van der Waals surface area contributed by atoms with Crippen molar-refractivity contribution in [3.63, 3.8) is 0 Å². The number of hydrogen-bond acceptors (Lipinski definition) is 2. The van der Waals surface area contributed by atoms with Crippen molar-refractivity contribution in [2.75, 3.05) is 0 Å². The normalized spacial score (nSPS) is 12.6. The molecule has 2 aromatic rings. The van der Waals surface area contributed by atoms with Crippen molar-refractivity contribution in [3.05, 3.63) is 53.1 Å². The summed E-state index contributed by atoms with van der Waals surface area (Å²) in [6, 6.07) is 7.14. The standard InChI is InChI=1S/C14H10F2O2/c15-10-1-2-11-9(3-10)7-18-14-4-8(6-17)13(16)5-12(11)14/h1-5,17H,6-7H2. The summed E-state index contributed by atoms with van der Waals surface area (Å²) in [5.41, 5.74) is 2.24. The zero-order valence-corrected chi connectivity index (χ0v) is 9.41. The van der Waals surface area contributed by atoms with Crippen molar-refractivity contribution in [2.45, 2.75) is 13.2 Å². The summed E-state index contributed by atoms with van der Waals surface area (Å²) in [6.07, 6.45) is 0. The molecule has 0 saturated heterocycles. The van der Waals surface area contributed by atoms with E-state index in [0.29, 0.717) is 16.9 Å². The van der Waals surface area contributed by atoms with Crippen molar-refractivity contribution in [1.29, 1.82) is 0 Å². The Hall–Kier alpha value is -1.94. The van der Waals surface area contributed by atoms with Gasteiger partial charge in [0.15, 0.2) is 0 Å². The minimum Gasteiger partial charge on any atom is -0.488 e. The van der Waals surface area contributed by atoms with Gasteiger partial charge in [0.05, 0.1) is 6.61 Å². The second kappa shape index (κ2) is 4.07. The fourth-order valence-corrected chi connectivity index (χ4v) is 2.15. The van der Waals surface area contributed by atoms with Crippen LogP contribution in [-0.2, 0) is 13.2 Å². The van der Waals surface area contributed by atoms with Crippen LogP contribution >= 0.6 is 0 Å². The third kappa shape index (κ3) is 1.66. The molecule has 1 aliphatic rings. The Kier molecular flexibility index (Phi) is 2.52. The Morgan fingerprint density at radius 1 is 1.11 bits per heavy atom. The first kappa shape index (κ1) is 11.2. The van der Waals surface area contributed by atoms with Crippen LogP contribution in [0.5, 0.6) is 5.75 Å². The Labute approximate surface area is 102 Å². The van der Waals surface area contributed by atoms with Gasteiger partial charge in [-0.2, -0.15) is 0 Å².